The predicted octanol–water partition coefficient (Wildman–Crippen LogP) is 3.70. The lowest BCUT2D eigenvalue weighted by Crippen LogP contribution is -2.58. The van der Waals surface area contributed by atoms with Gasteiger partial charge in [-0.05, 0) is 55.8 Å². The monoisotopic (exact) mass is 465 g/mol. The molecule has 1 N–H and O–H groups in total. The van der Waals surface area contributed by atoms with Crippen LogP contribution in [0.25, 0.3) is 0 Å². The van der Waals surface area contributed by atoms with Gasteiger partial charge in [-0.15, -0.1) is 0 Å². The van der Waals surface area contributed by atoms with Gasteiger partial charge in [0, 0.05) is 43.9 Å². The molecular formula is C23H23F4N3O3. The fraction of sp³-hybridized carbons (Fsp3) is 0.348. The van der Waals surface area contributed by atoms with E-state index in [9.17, 15) is 23.2 Å². The van der Waals surface area contributed by atoms with Crippen LogP contribution in [0.3, 0.4) is 0 Å². The Bertz CT molecular complexity index is 1110. The van der Waals surface area contributed by atoms with E-state index in [1.165, 1.54) is 37.8 Å². The minimum atomic E-state index is -4.24. The van der Waals surface area contributed by atoms with E-state index in [1.54, 1.807) is 0 Å². The first-order chi connectivity index (χ1) is 15.4. The highest BCUT2D eigenvalue weighted by Crippen LogP contribution is 2.34. The van der Waals surface area contributed by atoms with E-state index in [1.807, 2.05) is 0 Å². The first kappa shape index (κ1) is 24.2. The van der Waals surface area contributed by atoms with Gasteiger partial charge in [0.05, 0.1) is 5.56 Å². The number of hydrogen-bond donors (Lipinski definition) is 1. The molecule has 3 amide bonds. The average Bonchev–Trinajstić information content (AvgIpc) is 2.75. The molecule has 1 saturated heterocycles. The van der Waals surface area contributed by atoms with Gasteiger partial charge in [-0.25, -0.2) is 8.78 Å². The number of halogens is 4. The van der Waals surface area contributed by atoms with Crippen LogP contribution in [0.5, 0.6) is 0 Å². The van der Waals surface area contributed by atoms with Gasteiger partial charge in [-0.1, -0.05) is 0 Å². The van der Waals surface area contributed by atoms with Crippen molar-refractivity contribution >= 4 is 23.4 Å². The Morgan fingerprint density at radius 2 is 1.70 bits per heavy atom. The van der Waals surface area contributed by atoms with Crippen LogP contribution in [0.2, 0.25) is 0 Å². The quantitative estimate of drug-likeness (QED) is 0.701. The third-order valence-corrected chi connectivity index (χ3v) is 5.58. The summed E-state index contributed by atoms with van der Waals surface area (Å²) < 4.78 is 58.0. The molecule has 1 aliphatic rings. The molecule has 1 fully saturated rings. The highest BCUT2D eigenvalue weighted by molar-refractivity contribution is 6.04. The summed E-state index contributed by atoms with van der Waals surface area (Å²) in [5.74, 6) is -8.72. The van der Waals surface area contributed by atoms with E-state index in [2.05, 4.69) is 5.32 Å². The van der Waals surface area contributed by atoms with Crippen molar-refractivity contribution in [3.05, 3.63) is 64.7 Å². The molecule has 0 bridgehead atoms. The summed E-state index contributed by atoms with van der Waals surface area (Å²) in [6.07, 6.45) is 0. The molecular weight excluding hydrogens is 442 g/mol. The summed E-state index contributed by atoms with van der Waals surface area (Å²) in [5.41, 5.74) is -1.03. The maximum Gasteiger partial charge on any atom is 0.352 e. The minimum absolute atomic E-state index is 0.0825. The number of piperazine rings is 1. The second kappa shape index (κ2) is 9.21. The number of amides is 3. The Labute approximate surface area is 188 Å². The van der Waals surface area contributed by atoms with E-state index in [-0.39, 0.29) is 42.4 Å². The minimum Gasteiger partial charge on any atom is -0.339 e. The summed E-state index contributed by atoms with van der Waals surface area (Å²) in [4.78, 5) is 39.1. The number of anilines is 1. The van der Waals surface area contributed by atoms with Crippen molar-refractivity contribution in [1.82, 2.24) is 9.80 Å². The number of benzene rings is 2. The SMILES string of the molecule is CC(=O)N1CCN(C(=O)C(F)(F)c2cc(C(=O)Nc3ccc(F)c(C)c3)ccc2F)[C@@H](C)C1. The molecule has 2 aromatic carbocycles. The molecule has 6 nitrogen and oxygen atoms in total. The lowest BCUT2D eigenvalue weighted by atomic mass is 10.0. The average molecular weight is 465 g/mol. The second-order valence-corrected chi connectivity index (χ2v) is 8.00. The summed E-state index contributed by atoms with van der Waals surface area (Å²) >= 11 is 0. The Morgan fingerprint density at radius 3 is 2.30 bits per heavy atom. The van der Waals surface area contributed by atoms with Gasteiger partial charge in [0.2, 0.25) is 5.91 Å². The molecule has 0 aliphatic carbocycles. The van der Waals surface area contributed by atoms with Crippen LogP contribution in [0.4, 0.5) is 23.2 Å². The van der Waals surface area contributed by atoms with E-state index in [0.717, 1.165) is 17.0 Å². The molecule has 33 heavy (non-hydrogen) atoms. The summed E-state index contributed by atoms with van der Waals surface area (Å²) in [6.45, 7) is 4.40. The fourth-order valence-corrected chi connectivity index (χ4v) is 3.67. The number of aryl methyl sites for hydroxylation is 1. The Balaban J connectivity index is 1.83. The maximum atomic E-state index is 15.1. The lowest BCUT2D eigenvalue weighted by Gasteiger charge is -2.40. The zero-order chi connectivity index (χ0) is 24.5. The number of rotatable bonds is 4. The zero-order valence-corrected chi connectivity index (χ0v) is 18.3. The van der Waals surface area contributed by atoms with Crippen molar-refractivity contribution in [2.75, 3.05) is 25.0 Å². The first-order valence-electron chi connectivity index (χ1n) is 10.2. The molecule has 1 atom stereocenters. The lowest BCUT2D eigenvalue weighted by molar-refractivity contribution is -0.165. The molecule has 1 heterocycles. The van der Waals surface area contributed by atoms with Crippen molar-refractivity contribution in [2.24, 2.45) is 0 Å². The number of carbonyl (C=O) groups excluding carboxylic acids is 3. The number of hydrogen-bond acceptors (Lipinski definition) is 3. The Kier molecular flexibility index (Phi) is 6.76. The van der Waals surface area contributed by atoms with E-state index >= 15 is 8.78 Å². The normalized spacial score (nSPS) is 16.5. The first-order valence-corrected chi connectivity index (χ1v) is 10.2. The molecule has 2 aromatic rings. The summed E-state index contributed by atoms with van der Waals surface area (Å²) in [6, 6.07) is 5.44. The largest absolute Gasteiger partial charge is 0.352 e. The van der Waals surface area contributed by atoms with Crippen LogP contribution in [0.15, 0.2) is 36.4 Å². The highest BCUT2D eigenvalue weighted by Gasteiger charge is 2.48. The maximum absolute atomic E-state index is 15.1. The molecule has 0 radical (unpaired) electrons. The second-order valence-electron chi connectivity index (χ2n) is 8.00. The molecule has 176 valence electrons. The van der Waals surface area contributed by atoms with Crippen molar-refractivity contribution in [1.29, 1.82) is 0 Å². The van der Waals surface area contributed by atoms with Gasteiger partial charge in [-0.2, -0.15) is 8.78 Å². The Hall–Kier alpha value is -3.43. The number of alkyl halides is 2. The van der Waals surface area contributed by atoms with Crippen molar-refractivity contribution < 1.29 is 31.9 Å². The highest BCUT2D eigenvalue weighted by atomic mass is 19.3. The molecule has 10 heteroatoms. The molecule has 0 unspecified atom stereocenters. The Morgan fingerprint density at radius 1 is 1.03 bits per heavy atom. The smallest absolute Gasteiger partial charge is 0.339 e. The molecule has 0 aromatic heterocycles. The van der Waals surface area contributed by atoms with E-state index in [4.69, 9.17) is 0 Å². The van der Waals surface area contributed by atoms with Crippen LogP contribution in [0, 0.1) is 18.6 Å². The van der Waals surface area contributed by atoms with Crippen LogP contribution in [0.1, 0.15) is 35.3 Å². The zero-order valence-electron chi connectivity index (χ0n) is 18.3. The van der Waals surface area contributed by atoms with Gasteiger partial charge in [0.25, 0.3) is 11.8 Å². The van der Waals surface area contributed by atoms with E-state index < -0.39 is 41.0 Å². The van der Waals surface area contributed by atoms with Crippen molar-refractivity contribution in [3.8, 4) is 0 Å². The number of nitrogens with zero attached hydrogens (tertiary/aromatic N) is 2. The van der Waals surface area contributed by atoms with Crippen LogP contribution >= 0.6 is 0 Å². The fourth-order valence-electron chi connectivity index (χ4n) is 3.67. The van der Waals surface area contributed by atoms with Gasteiger partial charge in [-0.3, -0.25) is 14.4 Å². The van der Waals surface area contributed by atoms with Gasteiger partial charge >= 0.3 is 5.92 Å². The van der Waals surface area contributed by atoms with Crippen molar-refractivity contribution in [3.63, 3.8) is 0 Å². The summed E-state index contributed by atoms with van der Waals surface area (Å²) in [5, 5.41) is 2.43. The summed E-state index contributed by atoms with van der Waals surface area (Å²) in [7, 11) is 0. The third-order valence-electron chi connectivity index (χ3n) is 5.58. The van der Waals surface area contributed by atoms with Crippen molar-refractivity contribution in [2.45, 2.75) is 32.7 Å². The molecule has 0 spiro atoms. The number of carbonyl (C=O) groups is 3. The van der Waals surface area contributed by atoms with Crippen LogP contribution < -0.4 is 5.32 Å². The number of nitrogens with one attached hydrogen (secondary N) is 1. The van der Waals surface area contributed by atoms with Gasteiger partial charge in [0.15, 0.2) is 0 Å². The van der Waals surface area contributed by atoms with E-state index in [0.29, 0.717) is 12.1 Å². The van der Waals surface area contributed by atoms with Gasteiger partial charge < -0.3 is 15.1 Å². The standard InChI is InChI=1S/C23H23F4N3O3/c1-13-10-17(5-7-19(13)24)28-21(32)16-4-6-20(25)18(11-16)23(26,27)22(33)30-9-8-29(15(3)31)12-14(30)2/h4-7,10-11,14H,8-9,12H2,1-3H3,(H,28,32)/t14-/m0/s1. The van der Waals surface area contributed by atoms with Crippen LogP contribution in [-0.4, -0.2) is 53.2 Å². The molecule has 1 aliphatic heterocycles. The molecule has 3 rings (SSSR count). The topological polar surface area (TPSA) is 69.7 Å². The molecule has 0 saturated carbocycles. The predicted molar refractivity (Wildman–Crippen MR) is 113 cm³/mol. The van der Waals surface area contributed by atoms with Crippen LogP contribution in [-0.2, 0) is 15.5 Å². The third kappa shape index (κ3) is 4.99. The van der Waals surface area contributed by atoms with Gasteiger partial charge in [0.1, 0.15) is 11.6 Å².